The molecule has 0 aromatic carbocycles. The third kappa shape index (κ3) is 1.42. The monoisotopic (exact) mass is 154 g/mol. The Balaban J connectivity index is 1.97. The predicted octanol–water partition coefficient (Wildman–Crippen LogP) is 0.675. The van der Waals surface area contributed by atoms with Crippen molar-refractivity contribution in [3.8, 4) is 0 Å². The number of hydrogen-bond donors (Lipinski definition) is 1. The maximum atomic E-state index is 5.92. The minimum absolute atomic E-state index is 0.511. The van der Waals surface area contributed by atoms with Gasteiger partial charge in [0, 0.05) is 12.6 Å². The lowest BCUT2D eigenvalue weighted by molar-refractivity contribution is 0.166. The van der Waals surface area contributed by atoms with Crippen molar-refractivity contribution < 1.29 is 0 Å². The van der Waals surface area contributed by atoms with E-state index in [2.05, 4.69) is 11.9 Å². The van der Waals surface area contributed by atoms with Crippen molar-refractivity contribution >= 4 is 0 Å². The van der Waals surface area contributed by atoms with Crippen LogP contribution in [0.15, 0.2) is 0 Å². The molecule has 2 fully saturated rings. The van der Waals surface area contributed by atoms with Gasteiger partial charge in [-0.15, -0.1) is 0 Å². The fourth-order valence-electron chi connectivity index (χ4n) is 2.71. The average Bonchev–Trinajstić information content (AvgIpc) is 2.27. The fraction of sp³-hybridized carbons (Fsp3) is 1.00. The van der Waals surface area contributed by atoms with Gasteiger partial charge < -0.3 is 10.6 Å². The summed E-state index contributed by atoms with van der Waals surface area (Å²) in [6, 6.07) is 0.511. The van der Waals surface area contributed by atoms with Crippen LogP contribution in [0, 0.1) is 11.8 Å². The predicted molar refractivity (Wildman–Crippen MR) is 46.3 cm³/mol. The molecule has 2 nitrogen and oxygen atoms in total. The van der Waals surface area contributed by atoms with E-state index in [1.54, 1.807) is 0 Å². The Morgan fingerprint density at radius 3 is 2.82 bits per heavy atom. The van der Waals surface area contributed by atoms with E-state index in [1.807, 2.05) is 0 Å². The first-order chi connectivity index (χ1) is 5.25. The Morgan fingerprint density at radius 1 is 1.27 bits per heavy atom. The van der Waals surface area contributed by atoms with Crippen LogP contribution >= 0.6 is 0 Å². The standard InChI is InChI=1S/C9H18N2/c1-11-3-2-7-4-9(10)5-8(7)6-11/h7-9H,2-6,10H2,1H3/t7-,8-,9?/m0/s1. The lowest BCUT2D eigenvalue weighted by Crippen LogP contribution is -2.35. The number of nitrogens with two attached hydrogens (primary N) is 1. The summed E-state index contributed by atoms with van der Waals surface area (Å²) < 4.78 is 0. The van der Waals surface area contributed by atoms with Gasteiger partial charge in [0.15, 0.2) is 0 Å². The highest BCUT2D eigenvalue weighted by Crippen LogP contribution is 2.36. The van der Waals surface area contributed by atoms with Crippen molar-refractivity contribution in [2.75, 3.05) is 20.1 Å². The highest BCUT2D eigenvalue weighted by Gasteiger charge is 2.35. The van der Waals surface area contributed by atoms with Crippen LogP contribution in [-0.4, -0.2) is 31.1 Å². The van der Waals surface area contributed by atoms with E-state index in [4.69, 9.17) is 5.73 Å². The summed E-state index contributed by atoms with van der Waals surface area (Å²) in [7, 11) is 2.22. The first-order valence-electron chi connectivity index (χ1n) is 4.70. The summed E-state index contributed by atoms with van der Waals surface area (Å²) in [5.41, 5.74) is 5.92. The molecular formula is C9H18N2. The minimum Gasteiger partial charge on any atom is -0.328 e. The van der Waals surface area contributed by atoms with E-state index in [9.17, 15) is 0 Å². The zero-order chi connectivity index (χ0) is 7.84. The van der Waals surface area contributed by atoms with E-state index in [1.165, 1.54) is 32.4 Å². The maximum Gasteiger partial charge on any atom is 0.00448 e. The van der Waals surface area contributed by atoms with Crippen LogP contribution < -0.4 is 5.73 Å². The van der Waals surface area contributed by atoms with Crippen molar-refractivity contribution in [2.24, 2.45) is 17.6 Å². The van der Waals surface area contributed by atoms with Crippen LogP contribution in [0.25, 0.3) is 0 Å². The highest BCUT2D eigenvalue weighted by molar-refractivity contribution is 4.89. The molecule has 0 spiro atoms. The summed E-state index contributed by atoms with van der Waals surface area (Å²) in [5.74, 6) is 1.88. The third-order valence-electron chi connectivity index (χ3n) is 3.31. The molecule has 64 valence electrons. The van der Waals surface area contributed by atoms with Crippen molar-refractivity contribution in [2.45, 2.75) is 25.3 Å². The quantitative estimate of drug-likeness (QED) is 0.556. The van der Waals surface area contributed by atoms with E-state index in [-0.39, 0.29) is 0 Å². The van der Waals surface area contributed by atoms with Gasteiger partial charge >= 0.3 is 0 Å². The molecule has 0 aromatic rings. The van der Waals surface area contributed by atoms with Crippen molar-refractivity contribution in [3.63, 3.8) is 0 Å². The number of nitrogens with zero attached hydrogens (tertiary/aromatic N) is 1. The van der Waals surface area contributed by atoms with Gasteiger partial charge in [0.2, 0.25) is 0 Å². The van der Waals surface area contributed by atoms with Crippen molar-refractivity contribution in [3.05, 3.63) is 0 Å². The van der Waals surface area contributed by atoms with Gasteiger partial charge in [-0.3, -0.25) is 0 Å². The summed E-state index contributed by atoms with van der Waals surface area (Å²) in [5, 5.41) is 0. The van der Waals surface area contributed by atoms with Gasteiger partial charge in [-0.1, -0.05) is 0 Å². The molecule has 0 aromatic heterocycles. The molecule has 1 saturated heterocycles. The zero-order valence-corrected chi connectivity index (χ0v) is 7.29. The second-order valence-electron chi connectivity index (χ2n) is 4.30. The Hall–Kier alpha value is -0.0800. The normalized spacial score (nSPS) is 45.8. The number of rotatable bonds is 0. The smallest absolute Gasteiger partial charge is 0.00448 e. The van der Waals surface area contributed by atoms with Crippen molar-refractivity contribution in [1.29, 1.82) is 0 Å². The molecule has 1 heterocycles. The van der Waals surface area contributed by atoms with E-state index in [0.717, 1.165) is 11.8 Å². The minimum atomic E-state index is 0.511. The van der Waals surface area contributed by atoms with Crippen LogP contribution in [0.4, 0.5) is 0 Å². The first-order valence-corrected chi connectivity index (χ1v) is 4.70. The number of fused-ring (bicyclic) bond motifs is 1. The Bertz CT molecular complexity index is 146. The van der Waals surface area contributed by atoms with Crippen LogP contribution in [0.1, 0.15) is 19.3 Å². The number of piperidine rings is 1. The average molecular weight is 154 g/mol. The molecule has 1 aliphatic heterocycles. The molecular weight excluding hydrogens is 136 g/mol. The molecule has 1 saturated carbocycles. The molecule has 2 rings (SSSR count). The van der Waals surface area contributed by atoms with Gasteiger partial charge in [-0.2, -0.15) is 0 Å². The molecule has 2 heteroatoms. The second kappa shape index (κ2) is 2.76. The summed E-state index contributed by atoms with van der Waals surface area (Å²) in [6.45, 7) is 2.58. The van der Waals surface area contributed by atoms with Gasteiger partial charge in [0.25, 0.3) is 0 Å². The van der Waals surface area contributed by atoms with Crippen LogP contribution in [0.3, 0.4) is 0 Å². The Morgan fingerprint density at radius 2 is 2.00 bits per heavy atom. The summed E-state index contributed by atoms with van der Waals surface area (Å²) in [4.78, 5) is 2.44. The largest absolute Gasteiger partial charge is 0.328 e. The van der Waals surface area contributed by atoms with Crippen molar-refractivity contribution in [1.82, 2.24) is 4.90 Å². The lowest BCUT2D eigenvalue weighted by atomic mass is 9.89. The van der Waals surface area contributed by atoms with Crippen LogP contribution in [0.5, 0.6) is 0 Å². The van der Waals surface area contributed by atoms with Gasteiger partial charge in [0.1, 0.15) is 0 Å². The van der Waals surface area contributed by atoms with E-state index < -0.39 is 0 Å². The SMILES string of the molecule is CN1CC[C@H]2CC(N)C[C@H]2C1. The number of hydrogen-bond acceptors (Lipinski definition) is 2. The van der Waals surface area contributed by atoms with Gasteiger partial charge in [0.05, 0.1) is 0 Å². The molecule has 1 aliphatic carbocycles. The molecule has 0 bridgehead atoms. The van der Waals surface area contributed by atoms with Gasteiger partial charge in [-0.25, -0.2) is 0 Å². The van der Waals surface area contributed by atoms with E-state index in [0.29, 0.717) is 6.04 Å². The molecule has 1 unspecified atom stereocenters. The topological polar surface area (TPSA) is 29.3 Å². The second-order valence-corrected chi connectivity index (χ2v) is 4.30. The summed E-state index contributed by atoms with van der Waals surface area (Å²) in [6.07, 6.45) is 3.95. The maximum absolute atomic E-state index is 5.92. The number of likely N-dealkylation sites (tertiary alicyclic amines) is 1. The molecule has 2 N–H and O–H groups in total. The molecule has 2 aliphatic rings. The lowest BCUT2D eigenvalue weighted by Gasteiger charge is -2.32. The Kier molecular flexibility index (Phi) is 1.90. The Labute approximate surface area is 68.7 Å². The third-order valence-corrected chi connectivity index (χ3v) is 3.31. The highest BCUT2D eigenvalue weighted by atomic mass is 15.1. The molecule has 3 atom stereocenters. The van der Waals surface area contributed by atoms with Crippen LogP contribution in [-0.2, 0) is 0 Å². The fourth-order valence-corrected chi connectivity index (χ4v) is 2.71. The first kappa shape index (κ1) is 7.56. The molecule has 0 amide bonds. The zero-order valence-electron chi connectivity index (χ0n) is 7.29. The molecule has 0 radical (unpaired) electrons. The van der Waals surface area contributed by atoms with E-state index >= 15 is 0 Å². The van der Waals surface area contributed by atoms with Gasteiger partial charge in [-0.05, 0) is 44.7 Å². The molecule has 11 heavy (non-hydrogen) atoms. The summed E-state index contributed by atoms with van der Waals surface area (Å²) >= 11 is 0. The van der Waals surface area contributed by atoms with Crippen LogP contribution in [0.2, 0.25) is 0 Å².